The van der Waals surface area contributed by atoms with Gasteiger partial charge < -0.3 is 20.6 Å². The standard InChI is InChI=1S/C12H23N3O3/c1-4-15-6-5-9(8-15)7-13-11(18)14-12(2,3)10(16)17/h9H,4-8H2,1-3H3,(H,16,17)(H2,13,14,18). The van der Waals surface area contributed by atoms with E-state index in [0.717, 1.165) is 26.1 Å². The Morgan fingerprint density at radius 3 is 2.61 bits per heavy atom. The molecule has 1 unspecified atom stereocenters. The van der Waals surface area contributed by atoms with Crippen LogP contribution in [0.5, 0.6) is 0 Å². The van der Waals surface area contributed by atoms with E-state index in [1.165, 1.54) is 13.8 Å². The second kappa shape index (κ2) is 6.04. The molecule has 18 heavy (non-hydrogen) atoms. The molecule has 1 aliphatic heterocycles. The van der Waals surface area contributed by atoms with Crippen molar-refractivity contribution in [1.82, 2.24) is 15.5 Å². The van der Waals surface area contributed by atoms with Crippen molar-refractivity contribution in [3.05, 3.63) is 0 Å². The Morgan fingerprint density at radius 1 is 1.44 bits per heavy atom. The van der Waals surface area contributed by atoms with Crippen LogP contribution in [0.3, 0.4) is 0 Å². The third-order valence-electron chi connectivity index (χ3n) is 3.33. The summed E-state index contributed by atoms with van der Waals surface area (Å²) in [5.41, 5.74) is -1.24. The Kier molecular flexibility index (Phi) is 4.95. The highest BCUT2D eigenvalue weighted by Crippen LogP contribution is 2.14. The summed E-state index contributed by atoms with van der Waals surface area (Å²) in [6.07, 6.45) is 1.08. The average Bonchev–Trinajstić information content (AvgIpc) is 2.73. The molecule has 6 heteroatoms. The van der Waals surface area contributed by atoms with E-state index in [0.29, 0.717) is 12.5 Å². The number of hydrogen-bond acceptors (Lipinski definition) is 3. The lowest BCUT2D eigenvalue weighted by Crippen LogP contribution is -2.53. The van der Waals surface area contributed by atoms with Gasteiger partial charge in [0.2, 0.25) is 0 Å². The topological polar surface area (TPSA) is 81.7 Å². The van der Waals surface area contributed by atoms with Gasteiger partial charge in [0, 0.05) is 13.1 Å². The first-order valence-electron chi connectivity index (χ1n) is 6.37. The van der Waals surface area contributed by atoms with Crippen LogP contribution < -0.4 is 10.6 Å². The van der Waals surface area contributed by atoms with E-state index in [-0.39, 0.29) is 0 Å². The Balaban J connectivity index is 2.28. The summed E-state index contributed by atoms with van der Waals surface area (Å²) in [4.78, 5) is 24.8. The van der Waals surface area contributed by atoms with Gasteiger partial charge >= 0.3 is 12.0 Å². The smallest absolute Gasteiger partial charge is 0.328 e. The van der Waals surface area contributed by atoms with Crippen LogP contribution in [0.2, 0.25) is 0 Å². The molecule has 0 aromatic carbocycles. The maximum absolute atomic E-state index is 11.6. The van der Waals surface area contributed by atoms with Crippen LogP contribution in [0.25, 0.3) is 0 Å². The molecule has 0 aromatic rings. The number of amides is 2. The van der Waals surface area contributed by atoms with Gasteiger partial charge in [-0.3, -0.25) is 0 Å². The second-order valence-electron chi connectivity index (χ2n) is 5.31. The van der Waals surface area contributed by atoms with E-state index in [9.17, 15) is 9.59 Å². The van der Waals surface area contributed by atoms with Crippen LogP contribution in [0, 0.1) is 5.92 Å². The summed E-state index contributed by atoms with van der Waals surface area (Å²) in [6, 6.07) is -0.419. The number of carbonyl (C=O) groups excluding carboxylic acids is 1. The molecule has 1 heterocycles. The molecule has 0 aromatic heterocycles. The molecule has 0 radical (unpaired) electrons. The lowest BCUT2D eigenvalue weighted by molar-refractivity contribution is -0.142. The molecule has 2 amide bonds. The van der Waals surface area contributed by atoms with Crippen molar-refractivity contribution >= 4 is 12.0 Å². The molecule has 0 spiro atoms. The molecule has 0 bridgehead atoms. The number of carboxylic acid groups (broad SMARTS) is 1. The van der Waals surface area contributed by atoms with Gasteiger partial charge in [-0.15, -0.1) is 0 Å². The molecule has 3 N–H and O–H groups in total. The quantitative estimate of drug-likeness (QED) is 0.669. The molecular formula is C12H23N3O3. The van der Waals surface area contributed by atoms with Gasteiger partial charge in [-0.2, -0.15) is 0 Å². The van der Waals surface area contributed by atoms with Gasteiger partial charge in [0.05, 0.1) is 0 Å². The number of nitrogens with zero attached hydrogens (tertiary/aromatic N) is 1. The summed E-state index contributed by atoms with van der Waals surface area (Å²) < 4.78 is 0. The van der Waals surface area contributed by atoms with Crippen LogP contribution in [-0.2, 0) is 4.79 Å². The van der Waals surface area contributed by atoms with Gasteiger partial charge in [-0.1, -0.05) is 6.92 Å². The Morgan fingerprint density at radius 2 is 2.11 bits per heavy atom. The average molecular weight is 257 g/mol. The van der Waals surface area contributed by atoms with Gasteiger partial charge in [-0.25, -0.2) is 9.59 Å². The molecule has 0 aliphatic carbocycles. The number of nitrogens with one attached hydrogen (secondary N) is 2. The number of likely N-dealkylation sites (tertiary alicyclic amines) is 1. The SMILES string of the molecule is CCN1CCC(CNC(=O)NC(C)(C)C(=O)O)C1. The van der Waals surface area contributed by atoms with Gasteiger partial charge in [0.1, 0.15) is 5.54 Å². The first kappa shape index (κ1) is 14.8. The van der Waals surface area contributed by atoms with Gasteiger partial charge in [0.25, 0.3) is 0 Å². The number of urea groups is 1. The van der Waals surface area contributed by atoms with Gasteiger partial charge in [-0.05, 0) is 39.3 Å². The lowest BCUT2D eigenvalue weighted by atomic mass is 10.1. The summed E-state index contributed by atoms with van der Waals surface area (Å²) in [7, 11) is 0. The van der Waals surface area contributed by atoms with Crippen molar-refractivity contribution in [3.8, 4) is 0 Å². The van der Waals surface area contributed by atoms with Crippen LogP contribution in [0.4, 0.5) is 4.79 Å². The minimum absolute atomic E-state index is 0.419. The molecule has 1 atom stereocenters. The second-order valence-corrected chi connectivity index (χ2v) is 5.31. The monoisotopic (exact) mass is 257 g/mol. The van der Waals surface area contributed by atoms with E-state index < -0.39 is 17.5 Å². The van der Waals surface area contributed by atoms with Crippen molar-refractivity contribution < 1.29 is 14.7 Å². The van der Waals surface area contributed by atoms with Gasteiger partial charge in [0.15, 0.2) is 0 Å². The molecule has 0 saturated carbocycles. The fourth-order valence-corrected chi connectivity index (χ4v) is 1.99. The summed E-state index contributed by atoms with van der Waals surface area (Å²) in [5.74, 6) is -0.584. The Hall–Kier alpha value is -1.30. The van der Waals surface area contributed by atoms with Crippen molar-refractivity contribution in [2.75, 3.05) is 26.2 Å². The third kappa shape index (κ3) is 4.18. The van der Waals surface area contributed by atoms with Crippen molar-refractivity contribution in [2.24, 2.45) is 5.92 Å². The van der Waals surface area contributed by atoms with E-state index in [2.05, 4.69) is 22.5 Å². The Bertz CT molecular complexity index is 318. The zero-order chi connectivity index (χ0) is 13.8. The molecule has 104 valence electrons. The van der Waals surface area contributed by atoms with Crippen LogP contribution in [0.15, 0.2) is 0 Å². The first-order valence-corrected chi connectivity index (χ1v) is 6.37. The maximum atomic E-state index is 11.6. The van der Waals surface area contributed by atoms with Crippen LogP contribution in [0.1, 0.15) is 27.2 Å². The number of carboxylic acids is 1. The molecule has 1 fully saturated rings. The highest BCUT2D eigenvalue weighted by atomic mass is 16.4. The molecule has 1 saturated heterocycles. The molecule has 1 rings (SSSR count). The molecular weight excluding hydrogens is 234 g/mol. The van der Waals surface area contributed by atoms with Crippen LogP contribution in [-0.4, -0.2) is 53.7 Å². The van der Waals surface area contributed by atoms with Crippen LogP contribution >= 0.6 is 0 Å². The highest BCUT2D eigenvalue weighted by molar-refractivity contribution is 5.85. The molecule has 6 nitrogen and oxygen atoms in total. The fourth-order valence-electron chi connectivity index (χ4n) is 1.99. The minimum atomic E-state index is -1.24. The van der Waals surface area contributed by atoms with Crippen molar-refractivity contribution in [3.63, 3.8) is 0 Å². The predicted molar refractivity (Wildman–Crippen MR) is 68.5 cm³/mol. The van der Waals surface area contributed by atoms with E-state index in [1.54, 1.807) is 0 Å². The predicted octanol–water partition coefficient (Wildman–Crippen LogP) is 0.491. The summed E-state index contributed by atoms with van der Waals surface area (Å²) in [6.45, 7) is 8.75. The Labute approximate surface area is 108 Å². The number of hydrogen-bond donors (Lipinski definition) is 3. The van der Waals surface area contributed by atoms with E-state index in [4.69, 9.17) is 5.11 Å². The highest BCUT2D eigenvalue weighted by Gasteiger charge is 2.29. The van der Waals surface area contributed by atoms with Crippen molar-refractivity contribution in [1.29, 1.82) is 0 Å². The van der Waals surface area contributed by atoms with E-state index in [1.807, 2.05) is 0 Å². The summed E-state index contributed by atoms with van der Waals surface area (Å²) in [5, 5.41) is 14.1. The fraction of sp³-hybridized carbons (Fsp3) is 0.833. The zero-order valence-corrected chi connectivity index (χ0v) is 11.3. The normalized spacial score (nSPS) is 20.7. The van der Waals surface area contributed by atoms with E-state index >= 15 is 0 Å². The minimum Gasteiger partial charge on any atom is -0.480 e. The number of aliphatic carboxylic acids is 1. The lowest BCUT2D eigenvalue weighted by Gasteiger charge is -2.22. The summed E-state index contributed by atoms with van der Waals surface area (Å²) >= 11 is 0. The maximum Gasteiger partial charge on any atom is 0.328 e. The third-order valence-corrected chi connectivity index (χ3v) is 3.33. The largest absolute Gasteiger partial charge is 0.480 e. The first-order chi connectivity index (χ1) is 8.35. The van der Waals surface area contributed by atoms with Crippen molar-refractivity contribution in [2.45, 2.75) is 32.7 Å². The zero-order valence-electron chi connectivity index (χ0n) is 11.3. The number of carbonyl (C=O) groups is 2. The molecule has 1 aliphatic rings. The number of rotatable bonds is 5.